The Balaban J connectivity index is 2.20. The van der Waals surface area contributed by atoms with Crippen molar-refractivity contribution in [3.05, 3.63) is 63.6 Å². The molecule has 0 aliphatic heterocycles. The molecule has 1 aromatic heterocycles. The highest BCUT2D eigenvalue weighted by molar-refractivity contribution is 5.55. The number of hydrogen-bond acceptors (Lipinski definition) is 5. The average Bonchev–Trinajstić information content (AvgIpc) is 2.46. The van der Waals surface area contributed by atoms with E-state index in [0.717, 1.165) is 12.3 Å². The molecule has 0 fully saturated rings. The van der Waals surface area contributed by atoms with Gasteiger partial charge in [-0.25, -0.2) is 9.37 Å². The first-order chi connectivity index (χ1) is 9.61. The van der Waals surface area contributed by atoms with Crippen LogP contribution >= 0.6 is 0 Å². The van der Waals surface area contributed by atoms with Crippen molar-refractivity contribution in [2.75, 3.05) is 5.32 Å². The summed E-state index contributed by atoms with van der Waals surface area (Å²) in [6.07, 6.45) is 1.05. The second-order valence-corrected chi connectivity index (χ2v) is 3.90. The van der Waals surface area contributed by atoms with Gasteiger partial charge in [0.1, 0.15) is 29.5 Å². The number of aromatic nitrogens is 1. The third-order valence-electron chi connectivity index (χ3n) is 2.61. The molecule has 0 aliphatic carbocycles. The third kappa shape index (κ3) is 2.87. The van der Waals surface area contributed by atoms with Gasteiger partial charge in [0, 0.05) is 18.2 Å². The van der Waals surface area contributed by atoms with Crippen LogP contribution in [-0.4, -0.2) is 9.91 Å². The number of pyridine rings is 1. The first kappa shape index (κ1) is 13.4. The Hall–Kier alpha value is -3.01. The van der Waals surface area contributed by atoms with Crippen molar-refractivity contribution in [2.24, 2.45) is 0 Å². The van der Waals surface area contributed by atoms with E-state index in [2.05, 4.69) is 10.3 Å². The predicted molar refractivity (Wildman–Crippen MR) is 69.3 cm³/mol. The van der Waals surface area contributed by atoms with E-state index < -0.39 is 4.92 Å². The lowest BCUT2D eigenvalue weighted by atomic mass is 10.2. The second-order valence-electron chi connectivity index (χ2n) is 3.90. The van der Waals surface area contributed by atoms with Crippen molar-refractivity contribution in [1.82, 2.24) is 4.98 Å². The summed E-state index contributed by atoms with van der Waals surface area (Å²) < 4.78 is 13.4. The van der Waals surface area contributed by atoms with Gasteiger partial charge in [-0.15, -0.1) is 0 Å². The summed E-state index contributed by atoms with van der Waals surface area (Å²) in [6.45, 7) is 0.131. The minimum atomic E-state index is -0.630. The average molecular weight is 272 g/mol. The summed E-state index contributed by atoms with van der Waals surface area (Å²) in [4.78, 5) is 13.8. The Morgan fingerprint density at radius 2 is 2.20 bits per heavy atom. The number of nitrogens with one attached hydrogen (secondary N) is 1. The van der Waals surface area contributed by atoms with Gasteiger partial charge in [0.25, 0.3) is 5.69 Å². The Labute approximate surface area is 113 Å². The highest BCUT2D eigenvalue weighted by Crippen LogP contribution is 2.19. The summed E-state index contributed by atoms with van der Waals surface area (Å²) in [7, 11) is 0. The van der Waals surface area contributed by atoms with E-state index in [1.165, 1.54) is 6.07 Å². The fourth-order valence-corrected chi connectivity index (χ4v) is 1.60. The number of nitrogens with zero attached hydrogens (tertiary/aromatic N) is 3. The molecule has 20 heavy (non-hydrogen) atoms. The standard InChI is InChI=1S/C13H9FN4O2/c14-12-4-2-1-3-9(12)7-16-13-10(6-15)5-11(8-17-13)18(19)20/h1-5,8H,7H2,(H,16,17). The normalized spacial score (nSPS) is 9.80. The smallest absolute Gasteiger partial charge is 0.289 e. The van der Waals surface area contributed by atoms with Gasteiger partial charge in [-0.1, -0.05) is 18.2 Å². The summed E-state index contributed by atoms with van der Waals surface area (Å²) in [5.41, 5.74) is 0.185. The van der Waals surface area contributed by atoms with Gasteiger partial charge in [-0.05, 0) is 6.07 Å². The zero-order valence-electron chi connectivity index (χ0n) is 10.2. The number of halogens is 1. The van der Waals surface area contributed by atoms with Crippen LogP contribution in [0.15, 0.2) is 36.5 Å². The number of benzene rings is 1. The second kappa shape index (κ2) is 5.75. The summed E-state index contributed by atoms with van der Waals surface area (Å²) in [6, 6.07) is 9.12. The van der Waals surface area contributed by atoms with E-state index in [1.807, 2.05) is 6.07 Å². The van der Waals surface area contributed by atoms with Gasteiger partial charge in [0.2, 0.25) is 0 Å². The highest BCUT2D eigenvalue weighted by Gasteiger charge is 2.12. The van der Waals surface area contributed by atoms with Crippen molar-refractivity contribution in [3.63, 3.8) is 0 Å². The van der Waals surface area contributed by atoms with Crippen molar-refractivity contribution >= 4 is 11.5 Å². The topological polar surface area (TPSA) is 91.8 Å². The molecule has 0 aliphatic rings. The van der Waals surface area contributed by atoms with E-state index in [4.69, 9.17) is 5.26 Å². The van der Waals surface area contributed by atoms with Gasteiger partial charge in [0.05, 0.1) is 4.92 Å². The molecule has 0 atom stereocenters. The predicted octanol–water partition coefficient (Wildman–Crippen LogP) is 2.61. The monoisotopic (exact) mass is 272 g/mol. The van der Waals surface area contributed by atoms with Gasteiger partial charge >= 0.3 is 0 Å². The number of nitriles is 1. The van der Waals surface area contributed by atoms with Gasteiger partial charge in [-0.2, -0.15) is 5.26 Å². The maximum absolute atomic E-state index is 13.4. The first-order valence-corrected chi connectivity index (χ1v) is 5.63. The quantitative estimate of drug-likeness (QED) is 0.682. The molecule has 1 aromatic carbocycles. The van der Waals surface area contributed by atoms with Crippen LogP contribution in [0.2, 0.25) is 0 Å². The maximum atomic E-state index is 13.4. The Morgan fingerprint density at radius 1 is 1.45 bits per heavy atom. The zero-order chi connectivity index (χ0) is 14.5. The van der Waals surface area contributed by atoms with E-state index >= 15 is 0 Å². The van der Waals surface area contributed by atoms with Crippen LogP contribution in [0, 0.1) is 27.3 Å². The molecule has 0 saturated heterocycles. The number of nitro groups is 1. The van der Waals surface area contributed by atoms with Crippen molar-refractivity contribution in [1.29, 1.82) is 5.26 Å². The zero-order valence-corrected chi connectivity index (χ0v) is 10.2. The summed E-state index contributed by atoms with van der Waals surface area (Å²) in [5.74, 6) is -0.193. The molecule has 0 bridgehead atoms. The van der Waals surface area contributed by atoms with Gasteiger partial charge in [0.15, 0.2) is 0 Å². The van der Waals surface area contributed by atoms with Crippen LogP contribution in [-0.2, 0) is 6.54 Å². The van der Waals surface area contributed by atoms with Crippen LogP contribution in [0.3, 0.4) is 0 Å². The van der Waals surface area contributed by atoms with E-state index in [-0.39, 0.29) is 29.4 Å². The van der Waals surface area contributed by atoms with Crippen LogP contribution in [0.4, 0.5) is 15.9 Å². The summed E-state index contributed by atoms with van der Waals surface area (Å²) in [5, 5.41) is 22.3. The molecule has 1 N–H and O–H groups in total. The molecule has 0 unspecified atom stereocenters. The van der Waals surface area contributed by atoms with Gasteiger partial charge in [-0.3, -0.25) is 10.1 Å². The minimum absolute atomic E-state index is 0.0375. The molecule has 0 spiro atoms. The Morgan fingerprint density at radius 3 is 2.85 bits per heavy atom. The molecule has 1 heterocycles. The molecule has 0 saturated carbocycles. The number of hydrogen-bond donors (Lipinski definition) is 1. The van der Waals surface area contributed by atoms with Crippen LogP contribution in [0.25, 0.3) is 0 Å². The lowest BCUT2D eigenvalue weighted by Crippen LogP contribution is -2.05. The van der Waals surface area contributed by atoms with Crippen molar-refractivity contribution in [3.8, 4) is 6.07 Å². The van der Waals surface area contributed by atoms with Crippen LogP contribution in [0.5, 0.6) is 0 Å². The fourth-order valence-electron chi connectivity index (χ4n) is 1.60. The third-order valence-corrected chi connectivity index (χ3v) is 2.61. The van der Waals surface area contributed by atoms with E-state index in [1.54, 1.807) is 18.2 Å². The maximum Gasteiger partial charge on any atom is 0.289 e. The van der Waals surface area contributed by atoms with Crippen molar-refractivity contribution < 1.29 is 9.31 Å². The lowest BCUT2D eigenvalue weighted by Gasteiger charge is -2.07. The molecule has 0 radical (unpaired) electrons. The van der Waals surface area contributed by atoms with Crippen LogP contribution in [0.1, 0.15) is 11.1 Å². The number of rotatable bonds is 4. The SMILES string of the molecule is N#Cc1cc([N+](=O)[O-])cnc1NCc1ccccc1F. The molecule has 0 amide bonds. The van der Waals surface area contributed by atoms with Gasteiger partial charge < -0.3 is 5.32 Å². The molecule has 2 aromatic rings. The minimum Gasteiger partial charge on any atom is -0.365 e. The number of anilines is 1. The van der Waals surface area contributed by atoms with Crippen LogP contribution < -0.4 is 5.32 Å². The van der Waals surface area contributed by atoms with E-state index in [9.17, 15) is 14.5 Å². The van der Waals surface area contributed by atoms with Crippen molar-refractivity contribution in [2.45, 2.75) is 6.54 Å². The highest BCUT2D eigenvalue weighted by atomic mass is 19.1. The molecular formula is C13H9FN4O2. The Kier molecular flexibility index (Phi) is 3.86. The van der Waals surface area contributed by atoms with E-state index in [0.29, 0.717) is 5.56 Å². The lowest BCUT2D eigenvalue weighted by molar-refractivity contribution is -0.385. The summed E-state index contributed by atoms with van der Waals surface area (Å²) >= 11 is 0. The molecule has 2 rings (SSSR count). The molecule has 100 valence electrons. The fraction of sp³-hybridized carbons (Fsp3) is 0.0769. The largest absolute Gasteiger partial charge is 0.365 e. The molecule has 7 heteroatoms. The molecular weight excluding hydrogens is 263 g/mol. The first-order valence-electron chi connectivity index (χ1n) is 5.63. The Bertz CT molecular complexity index is 697. The molecule has 6 nitrogen and oxygen atoms in total.